The van der Waals surface area contributed by atoms with Crippen molar-refractivity contribution in [1.82, 2.24) is 0 Å². The highest BCUT2D eigenvalue weighted by Gasteiger charge is 2.36. The Hall–Kier alpha value is -3.15. The summed E-state index contributed by atoms with van der Waals surface area (Å²) in [6.45, 7) is 5.17. The lowest BCUT2D eigenvalue weighted by Crippen LogP contribution is -2.41. The largest absolute Gasteiger partial charge is 0.465 e. The Bertz CT molecular complexity index is 824. The first-order valence-corrected chi connectivity index (χ1v) is 8.68. The molecule has 0 heterocycles. The van der Waals surface area contributed by atoms with E-state index in [2.05, 4.69) is 22.3 Å². The van der Waals surface area contributed by atoms with Crippen LogP contribution in [0.5, 0.6) is 0 Å². The van der Waals surface area contributed by atoms with Crippen LogP contribution in [0.2, 0.25) is 0 Å². The molecule has 6 nitrogen and oxygen atoms in total. The maximum Gasteiger partial charge on any atom is 0.337 e. The van der Waals surface area contributed by atoms with E-state index in [-0.39, 0.29) is 0 Å². The Morgan fingerprint density at radius 1 is 0.852 bits per heavy atom. The number of hydrogen-bond donors (Lipinski definition) is 2. The predicted octanol–water partition coefficient (Wildman–Crippen LogP) is 3.64. The second-order valence-corrected chi connectivity index (χ2v) is 6.65. The normalized spacial score (nSPS) is 10.8. The molecule has 0 fully saturated rings. The van der Waals surface area contributed by atoms with Crippen LogP contribution in [0, 0.1) is 5.41 Å². The fourth-order valence-corrected chi connectivity index (χ4v) is 2.31. The Labute approximate surface area is 158 Å². The van der Waals surface area contributed by atoms with Crippen molar-refractivity contribution in [3.8, 4) is 0 Å². The van der Waals surface area contributed by atoms with Crippen LogP contribution in [-0.4, -0.2) is 24.9 Å². The topological polar surface area (TPSA) is 84.5 Å². The van der Waals surface area contributed by atoms with Gasteiger partial charge in [-0.3, -0.25) is 9.59 Å². The van der Waals surface area contributed by atoms with E-state index < -0.39 is 23.2 Å². The number of benzene rings is 2. The molecule has 2 aromatic rings. The number of methoxy groups -OCH3 is 1. The lowest BCUT2D eigenvalue weighted by molar-refractivity contribution is -0.135. The molecule has 2 amide bonds. The summed E-state index contributed by atoms with van der Waals surface area (Å²) in [5.74, 6) is -1.31. The average Bonchev–Trinajstić information content (AvgIpc) is 2.68. The second kappa shape index (κ2) is 8.49. The molecule has 0 aromatic heterocycles. The summed E-state index contributed by atoms with van der Waals surface area (Å²) in [7, 11) is 1.30. The maximum atomic E-state index is 12.6. The van der Waals surface area contributed by atoms with Crippen LogP contribution in [0.1, 0.15) is 36.7 Å². The van der Waals surface area contributed by atoms with Gasteiger partial charge >= 0.3 is 5.97 Å². The Morgan fingerprint density at radius 2 is 1.30 bits per heavy atom. The smallest absolute Gasteiger partial charge is 0.337 e. The predicted molar refractivity (Wildman–Crippen MR) is 105 cm³/mol. The van der Waals surface area contributed by atoms with Crippen molar-refractivity contribution in [3.05, 3.63) is 59.7 Å². The summed E-state index contributed by atoms with van der Waals surface area (Å²) in [6.07, 6.45) is 0.914. The molecule has 0 spiro atoms. The van der Waals surface area contributed by atoms with Crippen molar-refractivity contribution in [2.45, 2.75) is 27.2 Å². The average molecular weight is 368 g/mol. The Balaban J connectivity index is 2.04. The molecule has 2 aromatic carbocycles. The van der Waals surface area contributed by atoms with E-state index in [1.807, 2.05) is 24.3 Å². The quantitative estimate of drug-likeness (QED) is 0.602. The lowest BCUT2D eigenvalue weighted by atomic mass is 9.90. The molecule has 2 rings (SSSR count). The highest BCUT2D eigenvalue weighted by atomic mass is 16.5. The summed E-state index contributed by atoms with van der Waals surface area (Å²) < 4.78 is 4.63. The van der Waals surface area contributed by atoms with Gasteiger partial charge in [-0.05, 0) is 62.2 Å². The second-order valence-electron chi connectivity index (χ2n) is 6.65. The van der Waals surface area contributed by atoms with Crippen LogP contribution >= 0.6 is 0 Å². The standard InChI is InChI=1S/C21H24N2O4/c1-5-14-6-10-16(11-7-14)22-19(25)21(2,3)20(26)23-17-12-8-15(9-13-17)18(24)27-4/h6-13H,5H2,1-4H3,(H,22,25)(H,23,26). The van der Waals surface area contributed by atoms with Crippen molar-refractivity contribution in [2.75, 3.05) is 17.7 Å². The van der Waals surface area contributed by atoms with Gasteiger partial charge in [-0.25, -0.2) is 4.79 Å². The van der Waals surface area contributed by atoms with Gasteiger partial charge < -0.3 is 15.4 Å². The highest BCUT2D eigenvalue weighted by molar-refractivity contribution is 6.14. The molecule has 0 aliphatic rings. The Kier molecular flexibility index (Phi) is 6.34. The first-order valence-electron chi connectivity index (χ1n) is 8.68. The van der Waals surface area contributed by atoms with Crippen LogP contribution < -0.4 is 10.6 Å². The molecule has 27 heavy (non-hydrogen) atoms. The minimum atomic E-state index is -1.29. The van der Waals surface area contributed by atoms with Crippen molar-refractivity contribution in [1.29, 1.82) is 0 Å². The van der Waals surface area contributed by atoms with Crippen LogP contribution in [0.15, 0.2) is 48.5 Å². The van der Waals surface area contributed by atoms with Gasteiger partial charge in [-0.15, -0.1) is 0 Å². The first kappa shape index (κ1) is 20.2. The lowest BCUT2D eigenvalue weighted by Gasteiger charge is -2.23. The van der Waals surface area contributed by atoms with Crippen molar-refractivity contribution < 1.29 is 19.1 Å². The number of hydrogen-bond acceptors (Lipinski definition) is 4. The monoisotopic (exact) mass is 368 g/mol. The SMILES string of the molecule is CCc1ccc(NC(=O)C(C)(C)C(=O)Nc2ccc(C(=O)OC)cc2)cc1. The van der Waals surface area contributed by atoms with Gasteiger partial charge in [0.25, 0.3) is 0 Å². The fraction of sp³-hybridized carbons (Fsp3) is 0.286. The van der Waals surface area contributed by atoms with E-state index in [0.29, 0.717) is 16.9 Å². The summed E-state index contributed by atoms with van der Waals surface area (Å²) in [5.41, 5.74) is 1.38. The molecular formula is C21H24N2O4. The van der Waals surface area contributed by atoms with Gasteiger partial charge in [-0.2, -0.15) is 0 Å². The van der Waals surface area contributed by atoms with Gasteiger partial charge in [-0.1, -0.05) is 19.1 Å². The number of amides is 2. The minimum absolute atomic E-state index is 0.378. The van der Waals surface area contributed by atoms with Crippen LogP contribution in [0.4, 0.5) is 11.4 Å². The number of carbonyl (C=O) groups is 3. The third-order valence-electron chi connectivity index (χ3n) is 4.32. The number of aryl methyl sites for hydroxylation is 1. The molecule has 0 aliphatic heterocycles. The summed E-state index contributed by atoms with van der Waals surface area (Å²) >= 11 is 0. The molecule has 0 saturated heterocycles. The minimum Gasteiger partial charge on any atom is -0.465 e. The van der Waals surface area contributed by atoms with Gasteiger partial charge in [0.2, 0.25) is 11.8 Å². The van der Waals surface area contributed by atoms with E-state index in [4.69, 9.17) is 0 Å². The number of carbonyl (C=O) groups excluding carboxylic acids is 3. The molecule has 0 bridgehead atoms. The van der Waals surface area contributed by atoms with E-state index in [1.165, 1.54) is 12.7 Å². The van der Waals surface area contributed by atoms with Gasteiger partial charge in [0.1, 0.15) is 5.41 Å². The zero-order valence-electron chi connectivity index (χ0n) is 16.0. The molecule has 0 saturated carbocycles. The number of ether oxygens (including phenoxy) is 1. The zero-order chi connectivity index (χ0) is 20.0. The molecule has 142 valence electrons. The van der Waals surface area contributed by atoms with E-state index in [9.17, 15) is 14.4 Å². The van der Waals surface area contributed by atoms with Crippen LogP contribution in [-0.2, 0) is 20.7 Å². The van der Waals surface area contributed by atoms with Crippen molar-refractivity contribution in [3.63, 3.8) is 0 Å². The van der Waals surface area contributed by atoms with Gasteiger partial charge in [0.05, 0.1) is 12.7 Å². The summed E-state index contributed by atoms with van der Waals surface area (Å²) in [5, 5.41) is 5.47. The number of rotatable bonds is 6. The first-order chi connectivity index (χ1) is 12.8. The van der Waals surface area contributed by atoms with Gasteiger partial charge in [0.15, 0.2) is 0 Å². The van der Waals surface area contributed by atoms with E-state index in [0.717, 1.165) is 6.42 Å². The number of esters is 1. The molecule has 0 radical (unpaired) electrons. The highest BCUT2D eigenvalue weighted by Crippen LogP contribution is 2.22. The number of anilines is 2. The van der Waals surface area contributed by atoms with Crippen molar-refractivity contribution in [2.24, 2.45) is 5.41 Å². The Morgan fingerprint density at radius 3 is 1.70 bits per heavy atom. The molecule has 0 atom stereocenters. The summed E-state index contributed by atoms with van der Waals surface area (Å²) in [6, 6.07) is 13.8. The van der Waals surface area contributed by atoms with Gasteiger partial charge in [0, 0.05) is 11.4 Å². The molecular weight excluding hydrogens is 344 g/mol. The summed E-state index contributed by atoms with van der Waals surface area (Å²) in [4.78, 5) is 36.6. The molecule has 2 N–H and O–H groups in total. The maximum absolute atomic E-state index is 12.6. The number of nitrogens with one attached hydrogen (secondary N) is 2. The van der Waals surface area contributed by atoms with Crippen LogP contribution in [0.3, 0.4) is 0 Å². The fourth-order valence-electron chi connectivity index (χ4n) is 2.31. The van der Waals surface area contributed by atoms with Crippen molar-refractivity contribution >= 4 is 29.2 Å². The zero-order valence-corrected chi connectivity index (χ0v) is 16.0. The third-order valence-corrected chi connectivity index (χ3v) is 4.32. The van der Waals surface area contributed by atoms with Crippen LogP contribution in [0.25, 0.3) is 0 Å². The van der Waals surface area contributed by atoms with E-state index in [1.54, 1.807) is 38.1 Å². The molecule has 0 unspecified atom stereocenters. The molecule has 0 aliphatic carbocycles. The van der Waals surface area contributed by atoms with E-state index >= 15 is 0 Å². The molecule has 6 heteroatoms. The third kappa shape index (κ3) is 4.94.